The normalized spacial score (nSPS) is 47.9. The van der Waals surface area contributed by atoms with E-state index in [0.29, 0.717) is 18.3 Å². The van der Waals surface area contributed by atoms with Crippen LogP contribution in [0.2, 0.25) is 18.1 Å². The van der Waals surface area contributed by atoms with Crippen LogP contribution in [0.4, 0.5) is 4.79 Å². The zero-order valence-corrected chi connectivity index (χ0v) is 23.1. The van der Waals surface area contributed by atoms with Crippen molar-refractivity contribution in [3.05, 3.63) is 11.6 Å². The number of fused-ring (bicyclic) bond motifs is 3. The second-order valence-electron chi connectivity index (χ2n) is 14.0. The Morgan fingerprint density at radius 3 is 2.39 bits per heavy atom. The van der Waals surface area contributed by atoms with Crippen LogP contribution in [0.15, 0.2) is 11.6 Å². The van der Waals surface area contributed by atoms with Gasteiger partial charge in [0.2, 0.25) is 0 Å². The summed E-state index contributed by atoms with van der Waals surface area (Å²) in [4.78, 5) is 27.6. The maximum Gasteiger partial charge on any atom is 0.509 e. The predicted octanol–water partition coefficient (Wildman–Crippen LogP) is 6.13. The second kappa shape index (κ2) is 6.54. The molecule has 4 fully saturated rings. The molecule has 1 saturated heterocycles. The van der Waals surface area contributed by atoms with Crippen molar-refractivity contribution < 1.29 is 23.5 Å². The lowest BCUT2D eigenvalue weighted by Gasteiger charge is -2.45. The summed E-state index contributed by atoms with van der Waals surface area (Å²) < 4.78 is 19.3. The van der Waals surface area contributed by atoms with Gasteiger partial charge in [-0.25, -0.2) is 4.79 Å². The van der Waals surface area contributed by atoms with Gasteiger partial charge in [-0.05, 0) is 54.6 Å². The number of rotatable bonds is 2. The molecule has 6 heteroatoms. The standard InChI is InChI=1S/C27H42O5Si/c1-14-12-26-15(2)11-17-19(25(17,7)8)18(21(26)28)20(32-33(9,10)24(4,5)6)16(3)22-27(26,13-14)31-23(29)30-22/h12,15-20,22H,11,13H2,1-10H3/t15-,16+,17?,18-,19?,20-,22?,26+,27-/m1/s1. The molecule has 0 aromatic carbocycles. The molecule has 0 N–H and O–H groups in total. The number of Topliss-reactive ketones (excluding diaryl/α,β-unsaturated/α-hetero) is 1. The Morgan fingerprint density at radius 2 is 1.79 bits per heavy atom. The highest BCUT2D eigenvalue weighted by Crippen LogP contribution is 2.74. The molecule has 5 aliphatic rings. The van der Waals surface area contributed by atoms with Crippen molar-refractivity contribution in [3.63, 3.8) is 0 Å². The van der Waals surface area contributed by atoms with Crippen LogP contribution in [-0.2, 0) is 18.7 Å². The molecule has 184 valence electrons. The fourth-order valence-electron chi connectivity index (χ4n) is 8.13. The maximum absolute atomic E-state index is 14.9. The molecular formula is C27H42O5Si. The van der Waals surface area contributed by atoms with E-state index in [1.54, 1.807) is 0 Å². The van der Waals surface area contributed by atoms with Crippen molar-refractivity contribution in [1.29, 1.82) is 0 Å². The Morgan fingerprint density at radius 1 is 1.15 bits per heavy atom. The minimum Gasteiger partial charge on any atom is -0.426 e. The summed E-state index contributed by atoms with van der Waals surface area (Å²) in [6.07, 6.45) is 2.32. The van der Waals surface area contributed by atoms with Crippen LogP contribution < -0.4 is 0 Å². The quantitative estimate of drug-likeness (QED) is 0.273. The molecule has 4 aliphatic carbocycles. The van der Waals surface area contributed by atoms with Gasteiger partial charge in [0.15, 0.2) is 25.8 Å². The molecule has 5 nitrogen and oxygen atoms in total. The molecule has 2 spiro atoms. The summed E-state index contributed by atoms with van der Waals surface area (Å²) in [7, 11) is -2.20. The van der Waals surface area contributed by atoms with E-state index in [4.69, 9.17) is 13.9 Å². The number of carbonyl (C=O) groups excluding carboxylic acids is 2. The van der Waals surface area contributed by atoms with Crippen molar-refractivity contribution >= 4 is 20.3 Å². The average Bonchev–Trinajstić information content (AvgIpc) is 2.95. The van der Waals surface area contributed by atoms with E-state index in [2.05, 4.69) is 74.6 Å². The molecule has 2 bridgehead atoms. The van der Waals surface area contributed by atoms with Gasteiger partial charge < -0.3 is 13.9 Å². The number of hydrogen-bond donors (Lipinski definition) is 0. The first-order chi connectivity index (χ1) is 15.0. The van der Waals surface area contributed by atoms with E-state index in [-0.39, 0.29) is 40.1 Å². The molecule has 0 aromatic heterocycles. The minimum absolute atomic E-state index is 0.0170. The maximum atomic E-state index is 14.9. The molecule has 33 heavy (non-hydrogen) atoms. The van der Waals surface area contributed by atoms with Crippen molar-refractivity contribution in [1.82, 2.24) is 0 Å². The van der Waals surface area contributed by atoms with Gasteiger partial charge in [-0.2, -0.15) is 0 Å². The predicted molar refractivity (Wildman–Crippen MR) is 129 cm³/mol. The van der Waals surface area contributed by atoms with Gasteiger partial charge in [-0.15, -0.1) is 0 Å². The van der Waals surface area contributed by atoms with Gasteiger partial charge in [-0.1, -0.05) is 60.1 Å². The van der Waals surface area contributed by atoms with Crippen molar-refractivity contribution in [2.75, 3.05) is 0 Å². The van der Waals surface area contributed by atoms with Crippen molar-refractivity contribution in [2.45, 2.75) is 104 Å². The molecule has 0 radical (unpaired) electrons. The molecule has 5 rings (SSSR count). The van der Waals surface area contributed by atoms with Crippen LogP contribution in [0.1, 0.15) is 68.2 Å². The van der Waals surface area contributed by atoms with E-state index in [0.717, 1.165) is 12.0 Å². The summed E-state index contributed by atoms with van der Waals surface area (Å²) in [5.41, 5.74) is -0.536. The summed E-state index contributed by atoms with van der Waals surface area (Å²) >= 11 is 0. The first kappa shape index (κ1) is 23.6. The first-order valence-electron chi connectivity index (χ1n) is 12.8. The fraction of sp³-hybridized carbons (Fsp3) is 0.852. The minimum atomic E-state index is -2.20. The van der Waals surface area contributed by atoms with Gasteiger partial charge in [0, 0.05) is 18.3 Å². The highest BCUT2D eigenvalue weighted by molar-refractivity contribution is 6.74. The zero-order chi connectivity index (χ0) is 24.5. The summed E-state index contributed by atoms with van der Waals surface area (Å²) in [6.45, 7) is 22.3. The topological polar surface area (TPSA) is 61.8 Å². The van der Waals surface area contributed by atoms with Crippen molar-refractivity contribution in [3.8, 4) is 0 Å². The number of ether oxygens (including phenoxy) is 2. The fourth-order valence-corrected chi connectivity index (χ4v) is 9.52. The summed E-state index contributed by atoms with van der Waals surface area (Å²) in [6, 6.07) is 0. The van der Waals surface area contributed by atoms with Crippen LogP contribution in [0, 0.1) is 40.4 Å². The lowest BCUT2D eigenvalue weighted by atomic mass is 9.59. The van der Waals surface area contributed by atoms with E-state index >= 15 is 0 Å². The van der Waals surface area contributed by atoms with Gasteiger partial charge in [0.1, 0.15) is 0 Å². The molecule has 1 aliphatic heterocycles. The lowest BCUT2D eigenvalue weighted by molar-refractivity contribution is -0.148. The van der Waals surface area contributed by atoms with E-state index in [1.165, 1.54) is 0 Å². The monoisotopic (exact) mass is 474 g/mol. The van der Waals surface area contributed by atoms with Crippen LogP contribution in [-0.4, -0.2) is 38.1 Å². The number of hydrogen-bond acceptors (Lipinski definition) is 5. The van der Waals surface area contributed by atoms with Gasteiger partial charge in [-0.3, -0.25) is 4.79 Å². The Bertz CT molecular complexity index is 945. The largest absolute Gasteiger partial charge is 0.509 e. The zero-order valence-electron chi connectivity index (χ0n) is 22.1. The molecule has 9 atom stereocenters. The van der Waals surface area contributed by atoms with Crippen LogP contribution in [0.25, 0.3) is 0 Å². The van der Waals surface area contributed by atoms with Gasteiger partial charge in [0.25, 0.3) is 0 Å². The number of carbonyl (C=O) groups is 2. The molecular weight excluding hydrogens is 432 g/mol. The Kier molecular flexibility index (Phi) is 4.67. The molecule has 0 aromatic rings. The molecule has 1 heterocycles. The SMILES string of the molecule is CC1=C[C@@]23C(=O)[C@H](C4C(C[C@H]2C)C4(C)C)[C@H](O[Si](C)(C)C(C)(C)C)[C@H](C)C2OC(=O)O[C@]23C1. The van der Waals surface area contributed by atoms with E-state index in [9.17, 15) is 9.59 Å². The smallest absolute Gasteiger partial charge is 0.426 e. The third-order valence-electron chi connectivity index (χ3n) is 10.9. The Balaban J connectivity index is 1.73. The second-order valence-corrected chi connectivity index (χ2v) is 18.8. The van der Waals surface area contributed by atoms with Crippen LogP contribution >= 0.6 is 0 Å². The van der Waals surface area contributed by atoms with Crippen LogP contribution in [0.3, 0.4) is 0 Å². The van der Waals surface area contributed by atoms with E-state index < -0.39 is 31.6 Å². The lowest BCUT2D eigenvalue weighted by Crippen LogP contribution is -2.59. The van der Waals surface area contributed by atoms with Gasteiger partial charge in [0.05, 0.1) is 11.5 Å². The Hall–Kier alpha value is -1.14. The third-order valence-corrected chi connectivity index (χ3v) is 15.3. The highest BCUT2D eigenvalue weighted by atomic mass is 28.4. The average molecular weight is 475 g/mol. The molecule has 0 amide bonds. The van der Waals surface area contributed by atoms with E-state index in [1.807, 2.05) is 0 Å². The molecule has 3 unspecified atom stereocenters. The first-order valence-corrected chi connectivity index (χ1v) is 15.7. The van der Waals surface area contributed by atoms with Crippen LogP contribution in [0.5, 0.6) is 0 Å². The number of ketones is 1. The summed E-state index contributed by atoms with van der Waals surface area (Å²) in [5, 5.41) is 0.0170. The highest BCUT2D eigenvalue weighted by Gasteiger charge is 2.80. The molecule has 3 saturated carbocycles. The van der Waals surface area contributed by atoms with Crippen molar-refractivity contribution in [2.24, 2.45) is 40.4 Å². The summed E-state index contributed by atoms with van der Waals surface area (Å²) in [5.74, 6) is 0.775. The Labute approximate surface area is 200 Å². The third kappa shape index (κ3) is 2.74. The van der Waals surface area contributed by atoms with Gasteiger partial charge >= 0.3 is 6.16 Å².